The molecule has 2 aromatic carbocycles. The first-order valence-corrected chi connectivity index (χ1v) is 9.04. The summed E-state index contributed by atoms with van der Waals surface area (Å²) in [5, 5.41) is 2.74. The highest BCUT2D eigenvalue weighted by Gasteiger charge is 2.14. The van der Waals surface area contributed by atoms with Gasteiger partial charge in [0.1, 0.15) is 11.3 Å². The van der Waals surface area contributed by atoms with Crippen LogP contribution in [-0.4, -0.2) is 37.9 Å². The smallest absolute Gasteiger partial charge is 0.342 e. The van der Waals surface area contributed by atoms with Crippen LogP contribution in [0.1, 0.15) is 15.9 Å². The van der Waals surface area contributed by atoms with Crippen molar-refractivity contribution in [1.29, 1.82) is 0 Å². The summed E-state index contributed by atoms with van der Waals surface area (Å²) in [7, 11) is 1.48. The molecule has 0 saturated carbocycles. The first-order chi connectivity index (χ1) is 12.2. The Morgan fingerprint density at radius 2 is 1.76 bits per heavy atom. The highest BCUT2D eigenvalue weighted by Crippen LogP contribution is 2.18. The molecule has 132 valence electrons. The fourth-order valence-electron chi connectivity index (χ4n) is 2.10. The molecule has 0 aliphatic heterocycles. The number of methoxy groups -OCH3 is 1. The third-order valence-corrected chi connectivity index (χ3v) is 4.37. The fraction of sp³-hybridized carbons (Fsp3) is 0.263. The standard InChI is InChI=1S/C19H21NO4S/c1-23-17-10-6-5-9-16(17)19(22)24-13-18(21)20-11-12-25-14-15-7-3-2-4-8-15/h2-10H,11-14H2,1H3,(H,20,21). The van der Waals surface area contributed by atoms with Gasteiger partial charge in [0.15, 0.2) is 6.61 Å². The first kappa shape index (κ1) is 18.9. The third kappa shape index (κ3) is 6.51. The Morgan fingerprint density at radius 1 is 1.04 bits per heavy atom. The lowest BCUT2D eigenvalue weighted by Gasteiger charge is -2.09. The van der Waals surface area contributed by atoms with Crippen LogP contribution in [0, 0.1) is 0 Å². The molecule has 0 bridgehead atoms. The molecule has 0 atom stereocenters. The molecule has 1 N–H and O–H groups in total. The normalized spacial score (nSPS) is 10.1. The van der Waals surface area contributed by atoms with Crippen molar-refractivity contribution in [2.45, 2.75) is 5.75 Å². The summed E-state index contributed by atoms with van der Waals surface area (Å²) in [5.41, 5.74) is 1.56. The Kier molecular flexibility index (Phi) is 7.85. The van der Waals surface area contributed by atoms with Gasteiger partial charge in [-0.05, 0) is 17.7 Å². The Hall–Kier alpha value is -2.47. The van der Waals surface area contributed by atoms with E-state index in [4.69, 9.17) is 9.47 Å². The van der Waals surface area contributed by atoms with E-state index >= 15 is 0 Å². The quantitative estimate of drug-likeness (QED) is 0.551. The number of carbonyl (C=O) groups excluding carboxylic acids is 2. The minimum absolute atomic E-state index is 0.302. The van der Waals surface area contributed by atoms with Gasteiger partial charge in [-0.3, -0.25) is 4.79 Å². The highest BCUT2D eigenvalue weighted by molar-refractivity contribution is 7.98. The van der Waals surface area contributed by atoms with Crippen molar-refractivity contribution >= 4 is 23.6 Å². The second-order valence-corrected chi connectivity index (χ2v) is 6.27. The summed E-state index contributed by atoms with van der Waals surface area (Å²) in [4.78, 5) is 23.7. The van der Waals surface area contributed by atoms with Crippen LogP contribution >= 0.6 is 11.8 Å². The minimum Gasteiger partial charge on any atom is -0.496 e. The Bertz CT molecular complexity index is 691. The second-order valence-electron chi connectivity index (χ2n) is 5.16. The summed E-state index contributed by atoms with van der Waals surface area (Å²) in [6, 6.07) is 16.9. The lowest BCUT2D eigenvalue weighted by atomic mass is 10.2. The zero-order valence-corrected chi connectivity index (χ0v) is 14.9. The first-order valence-electron chi connectivity index (χ1n) is 7.89. The van der Waals surface area contributed by atoms with E-state index in [1.807, 2.05) is 18.2 Å². The molecule has 0 radical (unpaired) electrons. The van der Waals surface area contributed by atoms with E-state index in [2.05, 4.69) is 17.4 Å². The fourth-order valence-corrected chi connectivity index (χ4v) is 2.92. The van der Waals surface area contributed by atoms with Gasteiger partial charge in [0.2, 0.25) is 0 Å². The zero-order chi connectivity index (χ0) is 17.9. The average Bonchev–Trinajstić information content (AvgIpc) is 2.66. The topological polar surface area (TPSA) is 64.6 Å². The number of thioether (sulfide) groups is 1. The number of benzene rings is 2. The molecule has 0 heterocycles. The van der Waals surface area contributed by atoms with Crippen LogP contribution in [0.2, 0.25) is 0 Å². The summed E-state index contributed by atoms with van der Waals surface area (Å²) >= 11 is 1.74. The maximum atomic E-state index is 12.0. The van der Waals surface area contributed by atoms with E-state index in [9.17, 15) is 9.59 Å². The molecule has 5 nitrogen and oxygen atoms in total. The monoisotopic (exact) mass is 359 g/mol. The van der Waals surface area contributed by atoms with E-state index in [0.29, 0.717) is 17.9 Å². The molecule has 0 aliphatic carbocycles. The van der Waals surface area contributed by atoms with Crippen LogP contribution in [0.25, 0.3) is 0 Å². The average molecular weight is 359 g/mol. The predicted octanol–water partition coefficient (Wildman–Crippen LogP) is 2.90. The number of nitrogens with one attached hydrogen (secondary N) is 1. The minimum atomic E-state index is -0.578. The summed E-state index contributed by atoms with van der Waals surface area (Å²) < 4.78 is 10.1. The van der Waals surface area contributed by atoms with E-state index < -0.39 is 5.97 Å². The van der Waals surface area contributed by atoms with Crippen molar-refractivity contribution in [3.8, 4) is 5.75 Å². The van der Waals surface area contributed by atoms with Crippen molar-refractivity contribution < 1.29 is 19.1 Å². The maximum absolute atomic E-state index is 12.0. The van der Waals surface area contributed by atoms with Gasteiger partial charge in [0, 0.05) is 18.1 Å². The van der Waals surface area contributed by atoms with Crippen molar-refractivity contribution in [3.05, 3.63) is 65.7 Å². The largest absolute Gasteiger partial charge is 0.496 e. The molecule has 2 aromatic rings. The van der Waals surface area contributed by atoms with Crippen LogP contribution < -0.4 is 10.1 Å². The van der Waals surface area contributed by atoms with Crippen molar-refractivity contribution in [2.24, 2.45) is 0 Å². The van der Waals surface area contributed by atoms with E-state index in [-0.39, 0.29) is 12.5 Å². The number of hydrogen-bond acceptors (Lipinski definition) is 5. The summed E-state index contributed by atoms with van der Waals surface area (Å²) in [5.74, 6) is 1.22. The molecule has 25 heavy (non-hydrogen) atoms. The summed E-state index contributed by atoms with van der Waals surface area (Å²) in [6.45, 7) is 0.225. The molecule has 0 fully saturated rings. The van der Waals surface area contributed by atoms with Gasteiger partial charge in [-0.15, -0.1) is 0 Å². The lowest BCUT2D eigenvalue weighted by Crippen LogP contribution is -2.30. The lowest BCUT2D eigenvalue weighted by molar-refractivity contribution is -0.124. The Labute approximate surface area is 151 Å². The Balaban J connectivity index is 1.63. The van der Waals surface area contributed by atoms with Crippen molar-refractivity contribution in [2.75, 3.05) is 26.0 Å². The molecule has 0 spiro atoms. The number of hydrogen-bond donors (Lipinski definition) is 1. The molecule has 1 amide bonds. The van der Waals surface area contributed by atoms with Gasteiger partial charge in [0.05, 0.1) is 7.11 Å². The SMILES string of the molecule is COc1ccccc1C(=O)OCC(=O)NCCSCc1ccccc1. The number of carbonyl (C=O) groups is 2. The molecule has 0 saturated heterocycles. The maximum Gasteiger partial charge on any atom is 0.342 e. The van der Waals surface area contributed by atoms with Gasteiger partial charge >= 0.3 is 5.97 Å². The summed E-state index contributed by atoms with van der Waals surface area (Å²) in [6.07, 6.45) is 0. The number of rotatable bonds is 9. The number of amides is 1. The second kappa shape index (κ2) is 10.4. The zero-order valence-electron chi connectivity index (χ0n) is 14.1. The molecule has 0 unspecified atom stereocenters. The van der Waals surface area contributed by atoms with E-state index in [1.165, 1.54) is 12.7 Å². The van der Waals surface area contributed by atoms with E-state index in [0.717, 1.165) is 11.5 Å². The van der Waals surface area contributed by atoms with Gasteiger partial charge in [-0.25, -0.2) is 4.79 Å². The van der Waals surface area contributed by atoms with Crippen molar-refractivity contribution in [1.82, 2.24) is 5.32 Å². The highest BCUT2D eigenvalue weighted by atomic mass is 32.2. The number of ether oxygens (including phenoxy) is 2. The van der Waals surface area contributed by atoms with E-state index in [1.54, 1.807) is 36.0 Å². The van der Waals surface area contributed by atoms with Gasteiger partial charge < -0.3 is 14.8 Å². The number of esters is 1. The molecular formula is C19H21NO4S. The Morgan fingerprint density at radius 3 is 2.52 bits per heavy atom. The molecular weight excluding hydrogens is 338 g/mol. The molecule has 2 rings (SSSR count). The van der Waals surface area contributed by atoms with Gasteiger partial charge in [0.25, 0.3) is 5.91 Å². The van der Waals surface area contributed by atoms with Crippen LogP contribution in [0.3, 0.4) is 0 Å². The van der Waals surface area contributed by atoms with Gasteiger partial charge in [-0.1, -0.05) is 42.5 Å². The predicted molar refractivity (Wildman–Crippen MR) is 98.9 cm³/mol. The van der Waals surface area contributed by atoms with Crippen LogP contribution in [0.5, 0.6) is 5.75 Å². The molecule has 0 aromatic heterocycles. The van der Waals surface area contributed by atoms with Gasteiger partial charge in [-0.2, -0.15) is 11.8 Å². The van der Waals surface area contributed by atoms with Crippen LogP contribution in [-0.2, 0) is 15.3 Å². The van der Waals surface area contributed by atoms with Crippen molar-refractivity contribution in [3.63, 3.8) is 0 Å². The molecule has 6 heteroatoms. The van der Waals surface area contributed by atoms with Crippen LogP contribution in [0.15, 0.2) is 54.6 Å². The number of para-hydroxylation sites is 1. The van der Waals surface area contributed by atoms with Crippen LogP contribution in [0.4, 0.5) is 0 Å². The molecule has 0 aliphatic rings. The third-order valence-electron chi connectivity index (χ3n) is 3.34.